The first-order chi connectivity index (χ1) is 7.52. The van der Waals surface area contributed by atoms with E-state index in [1.165, 1.54) is 0 Å². The van der Waals surface area contributed by atoms with Gasteiger partial charge in [0.05, 0.1) is 0 Å². The van der Waals surface area contributed by atoms with Crippen molar-refractivity contribution in [3.8, 4) is 0 Å². The molecule has 88 valence electrons. The summed E-state index contributed by atoms with van der Waals surface area (Å²) >= 11 is 5.81. The number of aromatic nitrogens is 2. The number of nitrogens with one attached hydrogen (secondary N) is 2. The van der Waals surface area contributed by atoms with Gasteiger partial charge in [0, 0.05) is 13.1 Å². The smallest absolute Gasteiger partial charge is 0.312 e. The second kappa shape index (κ2) is 5.50. The molecule has 0 aromatic carbocycles. The molecular formula is C9H14ClN5O. The molecule has 0 spiro atoms. The Labute approximate surface area is 98.6 Å². The lowest BCUT2D eigenvalue weighted by atomic mass is 10.2. The van der Waals surface area contributed by atoms with Crippen LogP contribution < -0.4 is 16.4 Å². The zero-order chi connectivity index (χ0) is 12.1. The van der Waals surface area contributed by atoms with Gasteiger partial charge in [-0.25, -0.2) is 4.79 Å². The van der Waals surface area contributed by atoms with Gasteiger partial charge in [-0.2, -0.15) is 0 Å². The lowest BCUT2D eigenvalue weighted by Gasteiger charge is -2.10. The molecule has 0 fully saturated rings. The summed E-state index contributed by atoms with van der Waals surface area (Å²) in [6, 6.07) is -0.545. The number of anilines is 1. The number of halogens is 1. The number of amides is 2. The van der Waals surface area contributed by atoms with E-state index in [0.717, 1.165) is 11.1 Å². The maximum absolute atomic E-state index is 10.4. The van der Waals surface area contributed by atoms with E-state index in [2.05, 4.69) is 20.8 Å². The highest BCUT2D eigenvalue weighted by molar-refractivity contribution is 6.30. The van der Waals surface area contributed by atoms with Gasteiger partial charge in [-0.15, -0.1) is 10.2 Å². The highest BCUT2D eigenvalue weighted by Gasteiger charge is 2.07. The third-order valence-corrected chi connectivity index (χ3v) is 2.54. The number of carbonyl (C=O) groups is 1. The highest BCUT2D eigenvalue weighted by Crippen LogP contribution is 2.19. The molecule has 0 saturated carbocycles. The van der Waals surface area contributed by atoms with Crippen molar-refractivity contribution < 1.29 is 4.79 Å². The monoisotopic (exact) mass is 243 g/mol. The topological polar surface area (TPSA) is 92.9 Å². The summed E-state index contributed by atoms with van der Waals surface area (Å²) in [5.41, 5.74) is 6.76. The van der Waals surface area contributed by atoms with E-state index >= 15 is 0 Å². The minimum absolute atomic E-state index is 0.401. The van der Waals surface area contributed by atoms with Crippen molar-refractivity contribution in [2.45, 2.75) is 13.8 Å². The third-order valence-electron chi connectivity index (χ3n) is 2.18. The fourth-order valence-corrected chi connectivity index (χ4v) is 1.29. The fourth-order valence-electron chi connectivity index (χ4n) is 1.11. The molecule has 0 aliphatic rings. The Morgan fingerprint density at radius 1 is 1.31 bits per heavy atom. The zero-order valence-corrected chi connectivity index (χ0v) is 9.93. The van der Waals surface area contributed by atoms with Crippen LogP contribution in [0.25, 0.3) is 0 Å². The van der Waals surface area contributed by atoms with Crippen molar-refractivity contribution in [2.75, 3.05) is 18.4 Å². The third kappa shape index (κ3) is 3.23. The quantitative estimate of drug-likeness (QED) is 0.683. The summed E-state index contributed by atoms with van der Waals surface area (Å²) in [5, 5.41) is 13.6. The Bertz CT molecular complexity index is 396. The molecule has 0 radical (unpaired) electrons. The molecule has 1 heterocycles. The summed E-state index contributed by atoms with van der Waals surface area (Å²) in [4.78, 5) is 10.4. The van der Waals surface area contributed by atoms with Crippen molar-refractivity contribution in [3.05, 3.63) is 16.3 Å². The molecule has 1 aromatic rings. The number of hydrogen-bond donors (Lipinski definition) is 3. The van der Waals surface area contributed by atoms with Crippen LogP contribution in [-0.4, -0.2) is 29.3 Å². The number of urea groups is 1. The predicted octanol–water partition coefficient (Wildman–Crippen LogP) is 0.827. The second-order valence-electron chi connectivity index (χ2n) is 3.31. The van der Waals surface area contributed by atoms with E-state index in [9.17, 15) is 4.79 Å². The summed E-state index contributed by atoms with van der Waals surface area (Å²) in [6.45, 7) is 4.73. The van der Waals surface area contributed by atoms with Crippen LogP contribution in [0.4, 0.5) is 10.6 Å². The molecule has 0 unspecified atom stereocenters. The average molecular weight is 244 g/mol. The van der Waals surface area contributed by atoms with Crippen molar-refractivity contribution in [2.24, 2.45) is 5.73 Å². The van der Waals surface area contributed by atoms with Gasteiger partial charge < -0.3 is 16.4 Å². The Morgan fingerprint density at radius 2 is 2.00 bits per heavy atom. The Kier molecular flexibility index (Phi) is 4.30. The lowest BCUT2D eigenvalue weighted by Crippen LogP contribution is -2.33. The molecule has 0 bridgehead atoms. The SMILES string of the molecule is Cc1c(Cl)nnc(NCCNC(N)=O)c1C. The van der Waals surface area contributed by atoms with Crippen molar-refractivity contribution in [1.29, 1.82) is 0 Å². The summed E-state index contributed by atoms with van der Waals surface area (Å²) < 4.78 is 0. The second-order valence-corrected chi connectivity index (χ2v) is 3.67. The van der Waals surface area contributed by atoms with E-state index in [4.69, 9.17) is 17.3 Å². The molecule has 16 heavy (non-hydrogen) atoms. The first-order valence-corrected chi connectivity index (χ1v) is 5.16. The van der Waals surface area contributed by atoms with Crippen LogP contribution in [0.5, 0.6) is 0 Å². The number of hydrogen-bond acceptors (Lipinski definition) is 4. The number of carbonyl (C=O) groups excluding carboxylic acids is 1. The molecule has 6 nitrogen and oxygen atoms in total. The molecule has 0 aliphatic carbocycles. The lowest BCUT2D eigenvalue weighted by molar-refractivity contribution is 0.249. The summed E-state index contributed by atoms with van der Waals surface area (Å²) in [7, 11) is 0. The van der Waals surface area contributed by atoms with Gasteiger partial charge in [-0.05, 0) is 25.0 Å². The van der Waals surface area contributed by atoms with Crippen LogP contribution in [0.2, 0.25) is 5.15 Å². The van der Waals surface area contributed by atoms with Crippen LogP contribution in [0.3, 0.4) is 0 Å². The number of primary amides is 1. The first kappa shape index (κ1) is 12.5. The highest BCUT2D eigenvalue weighted by atomic mass is 35.5. The molecule has 2 amide bonds. The van der Waals surface area contributed by atoms with Crippen molar-refractivity contribution in [1.82, 2.24) is 15.5 Å². The van der Waals surface area contributed by atoms with E-state index in [-0.39, 0.29) is 0 Å². The molecule has 0 aliphatic heterocycles. The van der Waals surface area contributed by atoms with Crippen LogP contribution in [-0.2, 0) is 0 Å². The van der Waals surface area contributed by atoms with E-state index in [0.29, 0.717) is 24.1 Å². The average Bonchev–Trinajstić information content (AvgIpc) is 2.23. The van der Waals surface area contributed by atoms with E-state index in [1.54, 1.807) is 0 Å². The Hall–Kier alpha value is -1.56. The summed E-state index contributed by atoms with van der Waals surface area (Å²) in [6.07, 6.45) is 0. The maximum atomic E-state index is 10.4. The maximum Gasteiger partial charge on any atom is 0.312 e. The Balaban J connectivity index is 2.55. The molecule has 0 atom stereocenters. The Morgan fingerprint density at radius 3 is 2.62 bits per heavy atom. The van der Waals surface area contributed by atoms with Gasteiger partial charge in [0.15, 0.2) is 11.0 Å². The molecule has 0 saturated heterocycles. The van der Waals surface area contributed by atoms with Gasteiger partial charge in [0.1, 0.15) is 0 Å². The standard InChI is InChI=1S/C9H14ClN5O/c1-5-6(2)8(15-14-7(5)10)12-3-4-13-9(11)16/h3-4H2,1-2H3,(H,12,15)(H3,11,13,16). The molecule has 7 heteroatoms. The van der Waals surface area contributed by atoms with Crippen LogP contribution in [0.15, 0.2) is 0 Å². The van der Waals surface area contributed by atoms with Crippen LogP contribution >= 0.6 is 11.6 Å². The van der Waals surface area contributed by atoms with Crippen molar-refractivity contribution in [3.63, 3.8) is 0 Å². The molecule has 1 aromatic heterocycles. The van der Waals surface area contributed by atoms with Gasteiger partial charge in [-0.3, -0.25) is 0 Å². The molecule has 1 rings (SSSR count). The number of rotatable bonds is 4. The molecule has 4 N–H and O–H groups in total. The van der Waals surface area contributed by atoms with Gasteiger partial charge in [0.25, 0.3) is 0 Å². The fraction of sp³-hybridized carbons (Fsp3) is 0.444. The minimum Gasteiger partial charge on any atom is -0.367 e. The number of nitrogens with two attached hydrogens (primary N) is 1. The largest absolute Gasteiger partial charge is 0.367 e. The molecular weight excluding hydrogens is 230 g/mol. The predicted molar refractivity (Wildman–Crippen MR) is 62.6 cm³/mol. The minimum atomic E-state index is -0.545. The first-order valence-electron chi connectivity index (χ1n) is 4.79. The van der Waals surface area contributed by atoms with Crippen molar-refractivity contribution >= 4 is 23.4 Å². The van der Waals surface area contributed by atoms with Gasteiger partial charge in [-0.1, -0.05) is 11.6 Å². The normalized spacial score (nSPS) is 9.94. The van der Waals surface area contributed by atoms with E-state index < -0.39 is 6.03 Å². The van der Waals surface area contributed by atoms with E-state index in [1.807, 2.05) is 13.8 Å². The zero-order valence-electron chi connectivity index (χ0n) is 9.17. The number of nitrogens with zero attached hydrogens (tertiary/aromatic N) is 2. The van der Waals surface area contributed by atoms with Gasteiger partial charge in [0.2, 0.25) is 0 Å². The van der Waals surface area contributed by atoms with Gasteiger partial charge >= 0.3 is 6.03 Å². The van der Waals surface area contributed by atoms with Crippen LogP contribution in [0.1, 0.15) is 11.1 Å². The van der Waals surface area contributed by atoms with Crippen LogP contribution in [0, 0.1) is 13.8 Å². The summed E-state index contributed by atoms with van der Waals surface area (Å²) in [5.74, 6) is 0.660.